The van der Waals surface area contributed by atoms with Gasteiger partial charge >= 0.3 is 0 Å². The van der Waals surface area contributed by atoms with E-state index in [-0.39, 0.29) is 12.4 Å². The van der Waals surface area contributed by atoms with Crippen LogP contribution in [0, 0.1) is 5.92 Å². The molecule has 130 valence electrons. The van der Waals surface area contributed by atoms with Gasteiger partial charge in [-0.15, -0.1) is 12.4 Å². The maximum absolute atomic E-state index is 5.87. The van der Waals surface area contributed by atoms with E-state index in [1.54, 1.807) is 0 Å². The van der Waals surface area contributed by atoms with Gasteiger partial charge in [0.15, 0.2) is 0 Å². The molecule has 5 heteroatoms. The van der Waals surface area contributed by atoms with Crippen molar-refractivity contribution in [3.63, 3.8) is 0 Å². The minimum atomic E-state index is 0. The van der Waals surface area contributed by atoms with Crippen LogP contribution in [-0.4, -0.2) is 48.8 Å². The number of halogens is 1. The Kier molecular flexibility index (Phi) is 8.31. The van der Waals surface area contributed by atoms with Crippen molar-refractivity contribution in [2.75, 3.05) is 32.8 Å². The third-order valence-electron chi connectivity index (χ3n) is 4.73. The molecule has 1 saturated carbocycles. The molecule has 0 bridgehead atoms. The van der Waals surface area contributed by atoms with Crippen molar-refractivity contribution < 1.29 is 4.74 Å². The van der Waals surface area contributed by atoms with Crippen LogP contribution in [0.1, 0.15) is 37.8 Å². The predicted octanol–water partition coefficient (Wildman–Crippen LogP) is 2.87. The van der Waals surface area contributed by atoms with Crippen molar-refractivity contribution in [2.24, 2.45) is 5.92 Å². The smallest absolute Gasteiger partial charge is 0.0593 e. The summed E-state index contributed by atoms with van der Waals surface area (Å²) in [6.07, 6.45) is 8.41. The molecule has 1 aliphatic heterocycles. The first-order chi connectivity index (χ1) is 10.9. The van der Waals surface area contributed by atoms with Crippen LogP contribution in [0.4, 0.5) is 0 Å². The van der Waals surface area contributed by atoms with Crippen LogP contribution >= 0.6 is 12.4 Å². The monoisotopic (exact) mass is 339 g/mol. The van der Waals surface area contributed by atoms with Crippen LogP contribution in [0.15, 0.2) is 24.4 Å². The highest BCUT2D eigenvalue weighted by atomic mass is 35.5. The molecule has 2 heterocycles. The maximum Gasteiger partial charge on any atom is 0.0593 e. The van der Waals surface area contributed by atoms with E-state index in [9.17, 15) is 0 Å². The molecule has 0 amide bonds. The first kappa shape index (κ1) is 18.7. The van der Waals surface area contributed by atoms with Crippen molar-refractivity contribution in [1.29, 1.82) is 0 Å². The normalized spacial score (nSPS) is 21.7. The van der Waals surface area contributed by atoms with E-state index >= 15 is 0 Å². The van der Waals surface area contributed by atoms with Crippen molar-refractivity contribution in [1.82, 2.24) is 15.2 Å². The fourth-order valence-corrected chi connectivity index (χ4v) is 3.17. The lowest BCUT2D eigenvalue weighted by Crippen LogP contribution is -2.38. The molecule has 1 atom stereocenters. The lowest BCUT2D eigenvalue weighted by Gasteiger charge is -2.30. The van der Waals surface area contributed by atoms with Gasteiger partial charge in [0.1, 0.15) is 0 Å². The second-order valence-corrected chi connectivity index (χ2v) is 6.64. The third-order valence-corrected chi connectivity index (χ3v) is 4.73. The van der Waals surface area contributed by atoms with Gasteiger partial charge in [-0.25, -0.2) is 0 Å². The van der Waals surface area contributed by atoms with E-state index in [0.717, 1.165) is 45.3 Å². The van der Waals surface area contributed by atoms with Crippen molar-refractivity contribution in [3.05, 3.63) is 30.1 Å². The maximum atomic E-state index is 5.87. The van der Waals surface area contributed by atoms with Crippen LogP contribution in [0.25, 0.3) is 0 Å². The molecule has 3 rings (SSSR count). The molecule has 23 heavy (non-hydrogen) atoms. The number of aromatic nitrogens is 1. The molecule has 2 fully saturated rings. The zero-order chi connectivity index (χ0) is 15.0. The standard InChI is InChI=1S/C18H29N3O.ClH/c1-2-10-20-17(4-1)14-21(12-13-22-15-16-6-7-16)18-5-3-9-19-11-8-18;/h1-2,4,10,16,18-19H,3,5-9,11-15H2;1H. The van der Waals surface area contributed by atoms with E-state index in [1.165, 1.54) is 37.8 Å². The van der Waals surface area contributed by atoms with Gasteiger partial charge in [0.05, 0.1) is 12.3 Å². The quantitative estimate of drug-likeness (QED) is 0.739. The Morgan fingerprint density at radius 1 is 1.17 bits per heavy atom. The Morgan fingerprint density at radius 3 is 2.87 bits per heavy atom. The van der Waals surface area contributed by atoms with E-state index in [2.05, 4.69) is 27.3 Å². The molecule has 1 aliphatic carbocycles. The molecule has 1 unspecified atom stereocenters. The van der Waals surface area contributed by atoms with Crippen molar-refractivity contribution in [3.8, 4) is 0 Å². The molecule has 1 N–H and O–H groups in total. The Bertz CT molecular complexity index is 420. The summed E-state index contributed by atoms with van der Waals surface area (Å²) in [5.74, 6) is 0.853. The van der Waals surface area contributed by atoms with E-state index < -0.39 is 0 Å². The SMILES string of the molecule is Cl.c1ccc(CN(CCOCC2CC2)C2CCCNCC2)nc1. The summed E-state index contributed by atoms with van der Waals surface area (Å²) in [5, 5.41) is 3.51. The van der Waals surface area contributed by atoms with E-state index in [4.69, 9.17) is 4.74 Å². The Labute approximate surface area is 146 Å². The minimum Gasteiger partial charge on any atom is -0.380 e. The minimum absolute atomic E-state index is 0. The number of hydrogen-bond acceptors (Lipinski definition) is 4. The van der Waals surface area contributed by atoms with Gasteiger partial charge < -0.3 is 10.1 Å². The molecule has 0 radical (unpaired) electrons. The van der Waals surface area contributed by atoms with Crippen LogP contribution < -0.4 is 5.32 Å². The first-order valence-corrected chi connectivity index (χ1v) is 8.84. The molecule has 1 aromatic heterocycles. The average Bonchev–Trinajstić information content (AvgIpc) is 3.38. The molecule has 1 saturated heterocycles. The first-order valence-electron chi connectivity index (χ1n) is 8.84. The highest BCUT2D eigenvalue weighted by Crippen LogP contribution is 2.28. The molecule has 2 aliphatic rings. The van der Waals surface area contributed by atoms with Gasteiger partial charge in [0.25, 0.3) is 0 Å². The van der Waals surface area contributed by atoms with Crippen molar-refractivity contribution in [2.45, 2.75) is 44.7 Å². The number of hydrogen-bond donors (Lipinski definition) is 1. The zero-order valence-electron chi connectivity index (χ0n) is 14.0. The highest BCUT2D eigenvalue weighted by Gasteiger charge is 2.23. The van der Waals surface area contributed by atoms with Crippen LogP contribution in [0.5, 0.6) is 0 Å². The van der Waals surface area contributed by atoms with Gasteiger partial charge in [-0.2, -0.15) is 0 Å². The lowest BCUT2D eigenvalue weighted by atomic mass is 10.1. The number of ether oxygens (including phenoxy) is 1. The number of pyridine rings is 1. The second kappa shape index (κ2) is 10.2. The molecular weight excluding hydrogens is 310 g/mol. The molecule has 0 aromatic carbocycles. The van der Waals surface area contributed by atoms with Gasteiger partial charge in [-0.1, -0.05) is 6.07 Å². The topological polar surface area (TPSA) is 37.4 Å². The fourth-order valence-electron chi connectivity index (χ4n) is 3.17. The summed E-state index contributed by atoms with van der Waals surface area (Å²) in [5.41, 5.74) is 1.17. The fraction of sp³-hybridized carbons (Fsp3) is 0.722. The lowest BCUT2D eigenvalue weighted by molar-refractivity contribution is 0.0733. The van der Waals surface area contributed by atoms with Gasteiger partial charge in [0, 0.05) is 31.9 Å². The zero-order valence-corrected chi connectivity index (χ0v) is 14.8. The average molecular weight is 340 g/mol. The van der Waals surface area contributed by atoms with Crippen LogP contribution in [-0.2, 0) is 11.3 Å². The summed E-state index contributed by atoms with van der Waals surface area (Å²) in [6, 6.07) is 6.86. The summed E-state index contributed by atoms with van der Waals surface area (Å²) in [4.78, 5) is 7.09. The van der Waals surface area contributed by atoms with E-state index in [0.29, 0.717) is 6.04 Å². The van der Waals surface area contributed by atoms with Crippen LogP contribution in [0.3, 0.4) is 0 Å². The van der Waals surface area contributed by atoms with Crippen LogP contribution in [0.2, 0.25) is 0 Å². The third kappa shape index (κ3) is 6.76. The molecule has 1 aromatic rings. The van der Waals surface area contributed by atoms with Gasteiger partial charge in [-0.05, 0) is 63.2 Å². The molecule has 0 spiro atoms. The Morgan fingerprint density at radius 2 is 2.09 bits per heavy atom. The summed E-state index contributed by atoms with van der Waals surface area (Å²) in [6.45, 7) is 6.07. The number of rotatable bonds is 8. The number of nitrogens with one attached hydrogen (secondary N) is 1. The number of nitrogens with zero attached hydrogens (tertiary/aromatic N) is 2. The van der Waals surface area contributed by atoms with E-state index in [1.807, 2.05) is 12.3 Å². The second-order valence-electron chi connectivity index (χ2n) is 6.64. The highest BCUT2D eigenvalue weighted by molar-refractivity contribution is 5.85. The molecule has 4 nitrogen and oxygen atoms in total. The van der Waals surface area contributed by atoms with Crippen molar-refractivity contribution >= 4 is 12.4 Å². The summed E-state index contributed by atoms with van der Waals surface area (Å²) < 4.78 is 5.87. The Hall–Kier alpha value is -0.680. The summed E-state index contributed by atoms with van der Waals surface area (Å²) in [7, 11) is 0. The summed E-state index contributed by atoms with van der Waals surface area (Å²) >= 11 is 0. The predicted molar refractivity (Wildman–Crippen MR) is 95.9 cm³/mol. The molecular formula is C18H30ClN3O. The Balaban J connectivity index is 0.00000192. The largest absolute Gasteiger partial charge is 0.380 e. The van der Waals surface area contributed by atoms with Gasteiger partial charge in [-0.3, -0.25) is 9.88 Å². The van der Waals surface area contributed by atoms with Gasteiger partial charge in [0.2, 0.25) is 0 Å².